The molecule has 0 spiro atoms. The molecule has 18 heavy (non-hydrogen) atoms. The summed E-state index contributed by atoms with van der Waals surface area (Å²) in [5.74, 6) is 2.72. The summed E-state index contributed by atoms with van der Waals surface area (Å²) in [6.07, 6.45) is 7.66. The summed E-state index contributed by atoms with van der Waals surface area (Å²) in [7, 11) is 0. The molecule has 0 bridgehead atoms. The van der Waals surface area contributed by atoms with E-state index in [1.165, 1.54) is 11.3 Å². The van der Waals surface area contributed by atoms with E-state index in [1.807, 2.05) is 0 Å². The van der Waals surface area contributed by atoms with Gasteiger partial charge in [-0.05, 0) is 37.5 Å². The highest BCUT2D eigenvalue weighted by atomic mass is 79.9. The second kappa shape index (κ2) is 6.26. The molecule has 1 aliphatic heterocycles. The molecule has 1 heterocycles. The van der Waals surface area contributed by atoms with Gasteiger partial charge in [-0.15, -0.1) is 6.42 Å². The second-order valence-corrected chi connectivity index (χ2v) is 5.77. The van der Waals surface area contributed by atoms with Gasteiger partial charge in [-0.2, -0.15) is 0 Å². The van der Waals surface area contributed by atoms with Crippen LogP contribution in [0.2, 0.25) is 0 Å². The van der Waals surface area contributed by atoms with E-state index in [9.17, 15) is 0 Å². The number of hydrogen-bond donors (Lipinski definition) is 1. The zero-order chi connectivity index (χ0) is 13.0. The van der Waals surface area contributed by atoms with Gasteiger partial charge in [0.15, 0.2) is 0 Å². The predicted octanol–water partition coefficient (Wildman–Crippen LogP) is 3.27. The number of likely N-dealkylation sites (tertiary alicyclic amines) is 1. The summed E-state index contributed by atoms with van der Waals surface area (Å²) in [6, 6.07) is 6.94. The zero-order valence-corrected chi connectivity index (χ0v) is 12.3. The van der Waals surface area contributed by atoms with Gasteiger partial charge in [0.05, 0.1) is 6.54 Å². The van der Waals surface area contributed by atoms with Crippen molar-refractivity contribution in [1.82, 2.24) is 4.90 Å². The molecule has 0 amide bonds. The number of halogens is 1. The van der Waals surface area contributed by atoms with Crippen molar-refractivity contribution in [2.75, 3.05) is 25.0 Å². The molecule has 0 aromatic heterocycles. The summed E-state index contributed by atoms with van der Waals surface area (Å²) < 4.78 is 1.13. The average molecular weight is 307 g/mol. The first kappa shape index (κ1) is 13.5. The number of rotatable bonds is 3. The lowest BCUT2D eigenvalue weighted by atomic mass is 10.0. The van der Waals surface area contributed by atoms with Gasteiger partial charge in [0.25, 0.3) is 0 Å². The monoisotopic (exact) mass is 306 g/mol. The summed E-state index contributed by atoms with van der Waals surface area (Å²) in [5, 5.41) is 3.64. The topological polar surface area (TPSA) is 15.3 Å². The van der Waals surface area contributed by atoms with E-state index in [0.717, 1.165) is 36.9 Å². The lowest BCUT2D eigenvalue weighted by molar-refractivity contribution is 0.243. The number of anilines is 1. The molecule has 1 N–H and O–H groups in total. The van der Waals surface area contributed by atoms with Gasteiger partial charge >= 0.3 is 0 Å². The summed E-state index contributed by atoms with van der Waals surface area (Å²) in [4.78, 5) is 2.34. The molecule has 1 aliphatic rings. The van der Waals surface area contributed by atoms with E-state index < -0.39 is 0 Å². The number of hydrogen-bond acceptors (Lipinski definition) is 2. The number of piperidine rings is 1. The van der Waals surface area contributed by atoms with Crippen molar-refractivity contribution in [3.05, 3.63) is 28.2 Å². The molecule has 96 valence electrons. The zero-order valence-electron chi connectivity index (χ0n) is 10.7. The van der Waals surface area contributed by atoms with Crippen molar-refractivity contribution < 1.29 is 0 Å². The smallest absolute Gasteiger partial charge is 0.0598 e. The molecular weight excluding hydrogens is 288 g/mol. The first-order chi connectivity index (χ1) is 8.69. The highest BCUT2D eigenvalue weighted by molar-refractivity contribution is 9.10. The molecule has 0 saturated carbocycles. The average Bonchev–Trinajstić information content (AvgIpc) is 2.37. The first-order valence-corrected chi connectivity index (χ1v) is 7.17. The van der Waals surface area contributed by atoms with Crippen LogP contribution in [0.25, 0.3) is 0 Å². The van der Waals surface area contributed by atoms with Crippen LogP contribution >= 0.6 is 15.9 Å². The first-order valence-electron chi connectivity index (χ1n) is 6.37. The van der Waals surface area contributed by atoms with Crippen LogP contribution in [0.3, 0.4) is 0 Å². The van der Waals surface area contributed by atoms with Gasteiger partial charge in [0, 0.05) is 29.3 Å². The van der Waals surface area contributed by atoms with Crippen LogP contribution in [-0.2, 0) is 0 Å². The summed E-state index contributed by atoms with van der Waals surface area (Å²) in [6.45, 7) is 5.11. The van der Waals surface area contributed by atoms with Crippen LogP contribution < -0.4 is 5.32 Å². The summed E-state index contributed by atoms with van der Waals surface area (Å²) >= 11 is 3.52. The molecule has 2 rings (SSSR count). The van der Waals surface area contributed by atoms with Crippen LogP contribution in [0.4, 0.5) is 5.69 Å². The van der Waals surface area contributed by atoms with Crippen molar-refractivity contribution in [2.24, 2.45) is 0 Å². The van der Waals surface area contributed by atoms with Gasteiger partial charge in [-0.3, -0.25) is 4.90 Å². The van der Waals surface area contributed by atoms with E-state index in [0.29, 0.717) is 6.04 Å². The Balaban J connectivity index is 1.92. The van der Waals surface area contributed by atoms with E-state index >= 15 is 0 Å². The molecule has 1 saturated heterocycles. The van der Waals surface area contributed by atoms with E-state index in [-0.39, 0.29) is 0 Å². The third kappa shape index (κ3) is 3.51. The van der Waals surface area contributed by atoms with Gasteiger partial charge in [0.1, 0.15) is 0 Å². The highest BCUT2D eigenvalue weighted by Crippen LogP contribution is 2.23. The van der Waals surface area contributed by atoms with Crippen molar-refractivity contribution in [3.8, 4) is 12.3 Å². The Morgan fingerprint density at radius 1 is 1.44 bits per heavy atom. The number of terminal acetylenes is 1. The third-order valence-corrected chi connectivity index (χ3v) is 3.95. The van der Waals surface area contributed by atoms with Crippen molar-refractivity contribution in [3.63, 3.8) is 0 Å². The SMILES string of the molecule is C#CCN1CCC(Nc2cc(Br)ccc2C)CC1. The Kier molecular flexibility index (Phi) is 4.68. The van der Waals surface area contributed by atoms with Crippen LogP contribution in [0.5, 0.6) is 0 Å². The molecule has 3 heteroatoms. The van der Waals surface area contributed by atoms with Gasteiger partial charge in [-0.25, -0.2) is 0 Å². The Morgan fingerprint density at radius 3 is 2.83 bits per heavy atom. The minimum atomic E-state index is 0.562. The maximum absolute atomic E-state index is 5.34. The quantitative estimate of drug-likeness (QED) is 0.862. The molecule has 0 unspecified atom stereocenters. The van der Waals surface area contributed by atoms with E-state index in [4.69, 9.17) is 6.42 Å². The third-order valence-electron chi connectivity index (χ3n) is 3.46. The maximum Gasteiger partial charge on any atom is 0.0598 e. The van der Waals surface area contributed by atoms with E-state index in [1.54, 1.807) is 0 Å². The fourth-order valence-electron chi connectivity index (χ4n) is 2.33. The number of benzene rings is 1. The van der Waals surface area contributed by atoms with Crippen molar-refractivity contribution in [2.45, 2.75) is 25.8 Å². The lowest BCUT2D eigenvalue weighted by Crippen LogP contribution is -2.39. The van der Waals surface area contributed by atoms with Gasteiger partial charge in [0.2, 0.25) is 0 Å². The molecule has 0 atom stereocenters. The second-order valence-electron chi connectivity index (χ2n) is 4.86. The van der Waals surface area contributed by atoms with Crippen molar-refractivity contribution >= 4 is 21.6 Å². The fourth-order valence-corrected chi connectivity index (χ4v) is 2.70. The predicted molar refractivity (Wildman–Crippen MR) is 80.8 cm³/mol. The minimum absolute atomic E-state index is 0.562. The van der Waals surface area contributed by atoms with Crippen LogP contribution in [0.15, 0.2) is 22.7 Å². The largest absolute Gasteiger partial charge is 0.382 e. The number of aryl methyl sites for hydroxylation is 1. The standard InChI is InChI=1S/C15H19BrN2/c1-3-8-18-9-6-14(7-10-18)17-15-11-13(16)5-4-12(15)2/h1,4-5,11,14,17H,6-10H2,2H3. The van der Waals surface area contributed by atoms with Crippen molar-refractivity contribution in [1.29, 1.82) is 0 Å². The summed E-state index contributed by atoms with van der Waals surface area (Å²) in [5.41, 5.74) is 2.53. The normalized spacial score (nSPS) is 17.4. The molecule has 1 fully saturated rings. The Morgan fingerprint density at radius 2 is 2.17 bits per heavy atom. The minimum Gasteiger partial charge on any atom is -0.382 e. The Bertz CT molecular complexity index is 442. The molecule has 1 aromatic rings. The molecule has 0 radical (unpaired) electrons. The fraction of sp³-hybridized carbons (Fsp3) is 0.467. The maximum atomic E-state index is 5.34. The molecule has 1 aromatic carbocycles. The lowest BCUT2D eigenvalue weighted by Gasteiger charge is -2.32. The van der Waals surface area contributed by atoms with Crippen LogP contribution in [0, 0.1) is 19.3 Å². The van der Waals surface area contributed by atoms with E-state index in [2.05, 4.69) is 57.2 Å². The van der Waals surface area contributed by atoms with Crippen LogP contribution in [0.1, 0.15) is 18.4 Å². The highest BCUT2D eigenvalue weighted by Gasteiger charge is 2.18. The Hall–Kier alpha value is -0.980. The Labute approximate surface area is 118 Å². The number of nitrogens with one attached hydrogen (secondary N) is 1. The molecule has 2 nitrogen and oxygen atoms in total. The molecular formula is C15H19BrN2. The van der Waals surface area contributed by atoms with Crippen LogP contribution in [-0.4, -0.2) is 30.6 Å². The molecule has 0 aliphatic carbocycles. The van der Waals surface area contributed by atoms with Gasteiger partial charge < -0.3 is 5.32 Å². The number of nitrogens with zero attached hydrogens (tertiary/aromatic N) is 1. The van der Waals surface area contributed by atoms with Gasteiger partial charge in [-0.1, -0.05) is 27.9 Å².